The Kier molecular flexibility index (Phi) is 6.99. The summed E-state index contributed by atoms with van der Waals surface area (Å²) in [6.45, 7) is 0.849. The number of hydrogen-bond donors (Lipinski definition) is 0. The van der Waals surface area contributed by atoms with Gasteiger partial charge in [-0.15, -0.1) is 0 Å². The van der Waals surface area contributed by atoms with Crippen LogP contribution in [0.5, 0.6) is 5.75 Å². The van der Waals surface area contributed by atoms with Gasteiger partial charge in [-0.25, -0.2) is 9.59 Å². The van der Waals surface area contributed by atoms with Crippen LogP contribution in [-0.2, 0) is 23.8 Å². The van der Waals surface area contributed by atoms with Crippen LogP contribution in [0.4, 0.5) is 5.69 Å². The van der Waals surface area contributed by atoms with Crippen LogP contribution in [0, 0.1) is 0 Å². The lowest BCUT2D eigenvalue weighted by Gasteiger charge is -2.23. The SMILES string of the molecule is COCCOc1cccc(N2C=CC=CC(C(=O)OC)=C2C(=O)OC)c1. The summed E-state index contributed by atoms with van der Waals surface area (Å²) < 4.78 is 20.2. The molecule has 0 atom stereocenters. The predicted molar refractivity (Wildman–Crippen MR) is 95.6 cm³/mol. The summed E-state index contributed by atoms with van der Waals surface area (Å²) in [6.07, 6.45) is 6.52. The van der Waals surface area contributed by atoms with E-state index in [0.717, 1.165) is 0 Å². The molecule has 0 aromatic heterocycles. The molecule has 1 aromatic rings. The van der Waals surface area contributed by atoms with Crippen LogP contribution < -0.4 is 9.64 Å². The van der Waals surface area contributed by atoms with Crippen molar-refractivity contribution in [2.45, 2.75) is 0 Å². The molecule has 26 heavy (non-hydrogen) atoms. The highest BCUT2D eigenvalue weighted by Gasteiger charge is 2.27. The zero-order chi connectivity index (χ0) is 18.9. The molecule has 0 fully saturated rings. The van der Waals surface area contributed by atoms with Gasteiger partial charge < -0.3 is 23.8 Å². The van der Waals surface area contributed by atoms with Crippen molar-refractivity contribution in [3.63, 3.8) is 0 Å². The van der Waals surface area contributed by atoms with E-state index in [1.54, 1.807) is 54.6 Å². The van der Waals surface area contributed by atoms with Gasteiger partial charge in [0.15, 0.2) is 0 Å². The highest BCUT2D eigenvalue weighted by molar-refractivity contribution is 6.05. The molecule has 0 aliphatic carbocycles. The lowest BCUT2D eigenvalue weighted by atomic mass is 10.1. The minimum absolute atomic E-state index is 0.0541. The normalized spacial score (nSPS) is 13.4. The minimum Gasteiger partial charge on any atom is -0.491 e. The molecule has 0 saturated carbocycles. The van der Waals surface area contributed by atoms with Gasteiger partial charge in [0, 0.05) is 25.1 Å². The van der Waals surface area contributed by atoms with E-state index in [4.69, 9.17) is 18.9 Å². The zero-order valence-corrected chi connectivity index (χ0v) is 14.9. The zero-order valence-electron chi connectivity index (χ0n) is 14.9. The first-order valence-corrected chi connectivity index (χ1v) is 7.89. The molecule has 0 bridgehead atoms. The number of anilines is 1. The lowest BCUT2D eigenvalue weighted by molar-refractivity contribution is -0.139. The van der Waals surface area contributed by atoms with Crippen molar-refractivity contribution in [2.75, 3.05) is 39.4 Å². The molecule has 0 saturated heterocycles. The number of benzene rings is 1. The second-order valence-corrected chi connectivity index (χ2v) is 5.15. The number of carbonyl (C=O) groups excluding carboxylic acids is 2. The first-order chi connectivity index (χ1) is 12.6. The van der Waals surface area contributed by atoms with E-state index in [1.165, 1.54) is 20.3 Å². The molecule has 1 aromatic carbocycles. The van der Waals surface area contributed by atoms with Gasteiger partial charge in [-0.2, -0.15) is 0 Å². The van der Waals surface area contributed by atoms with Gasteiger partial charge in [0.05, 0.1) is 26.4 Å². The van der Waals surface area contributed by atoms with E-state index < -0.39 is 11.9 Å². The summed E-state index contributed by atoms with van der Waals surface area (Å²) in [7, 11) is 4.10. The highest BCUT2D eigenvalue weighted by atomic mass is 16.5. The van der Waals surface area contributed by atoms with Crippen LogP contribution in [0.3, 0.4) is 0 Å². The van der Waals surface area contributed by atoms with Crippen molar-refractivity contribution in [3.05, 3.63) is 60.0 Å². The monoisotopic (exact) mass is 359 g/mol. The Hall–Kier alpha value is -3.06. The Morgan fingerprint density at radius 2 is 1.77 bits per heavy atom. The van der Waals surface area contributed by atoms with E-state index in [2.05, 4.69) is 0 Å². The fourth-order valence-corrected chi connectivity index (χ4v) is 2.33. The second-order valence-electron chi connectivity index (χ2n) is 5.15. The van der Waals surface area contributed by atoms with Crippen LogP contribution in [0.25, 0.3) is 0 Å². The van der Waals surface area contributed by atoms with Crippen molar-refractivity contribution in [3.8, 4) is 5.75 Å². The van der Waals surface area contributed by atoms with Crippen LogP contribution in [0.2, 0.25) is 0 Å². The van der Waals surface area contributed by atoms with Crippen molar-refractivity contribution in [1.29, 1.82) is 0 Å². The largest absolute Gasteiger partial charge is 0.491 e. The van der Waals surface area contributed by atoms with Crippen molar-refractivity contribution in [2.24, 2.45) is 0 Å². The standard InChI is InChI=1S/C19H21NO6/c1-23-11-12-26-15-8-6-7-14(13-15)20-10-5-4-9-16(18(21)24-2)17(20)19(22)25-3/h4-10,13H,11-12H2,1-3H3. The fourth-order valence-electron chi connectivity index (χ4n) is 2.33. The van der Waals surface area contributed by atoms with Crippen molar-refractivity contribution >= 4 is 17.6 Å². The number of nitrogens with zero attached hydrogens (tertiary/aromatic N) is 1. The fraction of sp³-hybridized carbons (Fsp3) is 0.263. The summed E-state index contributed by atoms with van der Waals surface area (Å²) in [4.78, 5) is 26.1. The van der Waals surface area contributed by atoms with Gasteiger partial charge in [-0.1, -0.05) is 12.1 Å². The predicted octanol–water partition coefficient (Wildman–Crippen LogP) is 2.20. The van der Waals surface area contributed by atoms with Gasteiger partial charge in [0.2, 0.25) is 0 Å². The molecule has 0 amide bonds. The Morgan fingerprint density at radius 3 is 2.46 bits per heavy atom. The van der Waals surface area contributed by atoms with Gasteiger partial charge in [0.25, 0.3) is 0 Å². The number of esters is 2. The number of allylic oxidation sites excluding steroid dienone is 2. The third-order valence-electron chi connectivity index (χ3n) is 3.54. The van der Waals surface area contributed by atoms with Crippen LogP contribution in [0.1, 0.15) is 0 Å². The topological polar surface area (TPSA) is 74.3 Å². The molecule has 1 heterocycles. The Morgan fingerprint density at radius 1 is 1.00 bits per heavy atom. The molecular weight excluding hydrogens is 338 g/mol. The molecule has 0 N–H and O–H groups in total. The number of rotatable bonds is 7. The smallest absolute Gasteiger partial charge is 0.355 e. The number of methoxy groups -OCH3 is 3. The van der Waals surface area contributed by atoms with Crippen LogP contribution >= 0.6 is 0 Å². The third-order valence-corrected chi connectivity index (χ3v) is 3.54. The first-order valence-electron chi connectivity index (χ1n) is 7.89. The molecule has 138 valence electrons. The maximum absolute atomic E-state index is 12.4. The molecule has 7 nitrogen and oxygen atoms in total. The molecule has 0 radical (unpaired) electrons. The summed E-state index contributed by atoms with van der Waals surface area (Å²) >= 11 is 0. The van der Waals surface area contributed by atoms with Crippen LogP contribution in [-0.4, -0.2) is 46.5 Å². The summed E-state index contributed by atoms with van der Waals surface area (Å²) in [5.41, 5.74) is 0.773. The molecule has 2 rings (SSSR count). The summed E-state index contributed by atoms with van der Waals surface area (Å²) in [6, 6.07) is 7.12. The minimum atomic E-state index is -0.660. The molecule has 7 heteroatoms. The second kappa shape index (κ2) is 9.43. The number of hydrogen-bond acceptors (Lipinski definition) is 7. The molecule has 0 unspecified atom stereocenters. The van der Waals surface area contributed by atoms with Gasteiger partial charge >= 0.3 is 11.9 Å². The quantitative estimate of drug-likeness (QED) is 0.546. The van der Waals surface area contributed by atoms with Crippen molar-refractivity contribution in [1.82, 2.24) is 0 Å². The molecular formula is C19H21NO6. The Balaban J connectivity index is 2.46. The Labute approximate surface area is 152 Å². The van der Waals surface area contributed by atoms with Gasteiger partial charge in [-0.3, -0.25) is 0 Å². The van der Waals surface area contributed by atoms with Gasteiger partial charge in [0.1, 0.15) is 18.1 Å². The van der Waals surface area contributed by atoms with E-state index in [-0.39, 0.29) is 11.3 Å². The average molecular weight is 359 g/mol. The third kappa shape index (κ3) is 4.52. The van der Waals surface area contributed by atoms with E-state index in [1.807, 2.05) is 0 Å². The summed E-state index contributed by atoms with van der Waals surface area (Å²) in [5.74, 6) is -0.691. The van der Waals surface area contributed by atoms with Gasteiger partial charge in [-0.05, 0) is 24.3 Å². The molecule has 1 aliphatic rings. The van der Waals surface area contributed by atoms with Crippen LogP contribution in [0.15, 0.2) is 60.0 Å². The lowest BCUT2D eigenvalue weighted by Crippen LogP contribution is -2.27. The van der Waals surface area contributed by atoms with Crippen molar-refractivity contribution < 1.29 is 28.5 Å². The maximum Gasteiger partial charge on any atom is 0.355 e. The summed E-state index contributed by atoms with van der Waals surface area (Å²) in [5, 5.41) is 0. The highest BCUT2D eigenvalue weighted by Crippen LogP contribution is 2.28. The average Bonchev–Trinajstić information content (AvgIpc) is 2.90. The molecule has 0 spiro atoms. The molecule has 1 aliphatic heterocycles. The first kappa shape index (κ1) is 19.3. The number of ether oxygens (including phenoxy) is 4. The Bertz CT molecular complexity index is 750. The van der Waals surface area contributed by atoms with E-state index >= 15 is 0 Å². The number of carbonyl (C=O) groups is 2. The maximum atomic E-state index is 12.4. The van der Waals surface area contributed by atoms with E-state index in [9.17, 15) is 9.59 Å². The van der Waals surface area contributed by atoms with E-state index in [0.29, 0.717) is 24.7 Å².